The van der Waals surface area contributed by atoms with Crippen molar-refractivity contribution in [2.45, 2.75) is 19.3 Å². The van der Waals surface area contributed by atoms with Crippen LogP contribution in [0.1, 0.15) is 24.8 Å². The van der Waals surface area contributed by atoms with Crippen LogP contribution in [0.15, 0.2) is 18.2 Å². The van der Waals surface area contributed by atoms with Crippen LogP contribution in [0.4, 0.5) is 0 Å². The Bertz CT molecular complexity index is 663. The van der Waals surface area contributed by atoms with E-state index in [0.717, 1.165) is 5.56 Å². The van der Waals surface area contributed by atoms with E-state index in [1.54, 1.807) is 20.1 Å². The fourth-order valence-corrected chi connectivity index (χ4v) is 3.15. The van der Waals surface area contributed by atoms with Crippen molar-refractivity contribution in [2.75, 3.05) is 27.9 Å². The molecule has 1 aromatic carbocycles. The van der Waals surface area contributed by atoms with Gasteiger partial charge in [-0.05, 0) is 6.07 Å². The molecule has 0 aliphatic carbocycles. The fraction of sp³-hybridized carbons (Fsp3) is 0.500. The van der Waals surface area contributed by atoms with Gasteiger partial charge in [-0.25, -0.2) is 0 Å². The lowest BCUT2D eigenvalue weighted by molar-refractivity contribution is -0.191. The van der Waals surface area contributed by atoms with Crippen LogP contribution in [-0.4, -0.2) is 46.0 Å². The minimum atomic E-state index is -0.413. The summed E-state index contributed by atoms with van der Waals surface area (Å²) >= 11 is 0. The normalized spacial score (nSPS) is 18.6. The van der Waals surface area contributed by atoms with Crippen molar-refractivity contribution in [1.82, 2.24) is 0 Å². The second kappa shape index (κ2) is 10.2. The lowest BCUT2D eigenvalue weighted by Gasteiger charge is -2.36. The number of ether oxygens (including phenoxy) is 4. The van der Waals surface area contributed by atoms with Crippen LogP contribution in [-0.2, 0) is 28.7 Å². The van der Waals surface area contributed by atoms with Gasteiger partial charge in [-0.1, -0.05) is 19.1 Å². The van der Waals surface area contributed by atoms with Gasteiger partial charge in [0.15, 0.2) is 11.5 Å². The van der Waals surface area contributed by atoms with E-state index in [1.165, 1.54) is 14.2 Å². The quantitative estimate of drug-likeness (QED) is 0.723. The largest absolute Gasteiger partial charge is 0.493 e. The van der Waals surface area contributed by atoms with Gasteiger partial charge in [0.25, 0.3) is 0 Å². The van der Waals surface area contributed by atoms with Crippen molar-refractivity contribution in [3.63, 3.8) is 0 Å². The molecule has 0 N–H and O–H groups in total. The molecule has 0 radical (unpaired) electrons. The molecule has 0 saturated carbocycles. The molecular formula is C18H22O8. The Hall–Kier alpha value is -2.86. The molecule has 0 saturated heterocycles. The molecule has 2 rings (SSSR count). The third-order valence-electron chi connectivity index (χ3n) is 4.31. The van der Waals surface area contributed by atoms with Crippen LogP contribution in [0.2, 0.25) is 0 Å². The van der Waals surface area contributed by atoms with E-state index in [-0.39, 0.29) is 36.3 Å². The standard InChI is InChI=1S/C17H22O6.CO2/c1-10(17(19)22-4)15-11(8-14(18)21-3)9-23-16-12(15)6-5-7-13(16)20-2;2-1-3/h5-7,10-11,15H,8-9H2,1-4H3;. The Morgan fingerprint density at radius 1 is 1.23 bits per heavy atom. The maximum atomic E-state index is 12.1. The first-order valence-electron chi connectivity index (χ1n) is 7.88. The second-order valence-electron chi connectivity index (χ2n) is 5.65. The van der Waals surface area contributed by atoms with Gasteiger partial charge in [-0.3, -0.25) is 9.59 Å². The number of carbonyl (C=O) groups excluding carboxylic acids is 4. The molecule has 0 spiro atoms. The molecule has 8 nitrogen and oxygen atoms in total. The molecule has 1 aliphatic rings. The van der Waals surface area contributed by atoms with E-state index < -0.39 is 5.92 Å². The third-order valence-corrected chi connectivity index (χ3v) is 4.31. The summed E-state index contributed by atoms with van der Waals surface area (Å²) in [6.45, 7) is 2.11. The van der Waals surface area contributed by atoms with Crippen molar-refractivity contribution in [3.05, 3.63) is 23.8 Å². The third kappa shape index (κ3) is 4.83. The van der Waals surface area contributed by atoms with Crippen LogP contribution in [0.5, 0.6) is 11.5 Å². The minimum absolute atomic E-state index is 0.170. The molecule has 8 heteroatoms. The van der Waals surface area contributed by atoms with Crippen molar-refractivity contribution in [3.8, 4) is 11.5 Å². The van der Waals surface area contributed by atoms with Crippen molar-refractivity contribution in [1.29, 1.82) is 0 Å². The molecule has 1 aliphatic heterocycles. The molecule has 0 amide bonds. The number of rotatable bonds is 5. The van der Waals surface area contributed by atoms with Gasteiger partial charge in [0.1, 0.15) is 0 Å². The van der Waals surface area contributed by atoms with E-state index in [2.05, 4.69) is 0 Å². The smallest absolute Gasteiger partial charge is 0.373 e. The first-order chi connectivity index (χ1) is 12.4. The second-order valence-corrected chi connectivity index (χ2v) is 5.65. The maximum Gasteiger partial charge on any atom is 0.373 e. The lowest BCUT2D eigenvalue weighted by atomic mass is 9.74. The van der Waals surface area contributed by atoms with E-state index in [1.807, 2.05) is 12.1 Å². The molecule has 0 fully saturated rings. The molecule has 0 bridgehead atoms. The molecule has 0 aromatic heterocycles. The Kier molecular flexibility index (Phi) is 8.31. The van der Waals surface area contributed by atoms with Gasteiger partial charge >= 0.3 is 18.1 Å². The number of hydrogen-bond donors (Lipinski definition) is 0. The Balaban J connectivity index is 0.00000105. The fourth-order valence-electron chi connectivity index (χ4n) is 3.15. The van der Waals surface area contributed by atoms with E-state index in [0.29, 0.717) is 18.1 Å². The number of fused-ring (bicyclic) bond motifs is 1. The average Bonchev–Trinajstić information content (AvgIpc) is 2.66. The topological polar surface area (TPSA) is 105 Å². The Morgan fingerprint density at radius 3 is 2.42 bits per heavy atom. The zero-order chi connectivity index (χ0) is 19.7. The van der Waals surface area contributed by atoms with E-state index in [9.17, 15) is 9.59 Å². The van der Waals surface area contributed by atoms with E-state index in [4.69, 9.17) is 28.5 Å². The van der Waals surface area contributed by atoms with Gasteiger partial charge in [-0.2, -0.15) is 9.59 Å². The van der Waals surface area contributed by atoms with Gasteiger partial charge in [0, 0.05) is 17.4 Å². The highest BCUT2D eigenvalue weighted by atomic mass is 16.5. The highest BCUT2D eigenvalue weighted by Crippen LogP contribution is 2.47. The first kappa shape index (κ1) is 21.2. The molecule has 3 unspecified atom stereocenters. The molecule has 1 heterocycles. The van der Waals surface area contributed by atoms with Crippen molar-refractivity contribution >= 4 is 18.1 Å². The summed E-state index contributed by atoms with van der Waals surface area (Å²) in [5.74, 6) is -0.202. The number of carbonyl (C=O) groups is 2. The summed E-state index contributed by atoms with van der Waals surface area (Å²) in [6, 6.07) is 5.54. The summed E-state index contributed by atoms with van der Waals surface area (Å²) in [6.07, 6.45) is 0.430. The highest BCUT2D eigenvalue weighted by Gasteiger charge is 2.40. The van der Waals surface area contributed by atoms with Gasteiger partial charge in [0.05, 0.1) is 40.3 Å². The van der Waals surface area contributed by atoms with Crippen LogP contribution < -0.4 is 9.47 Å². The van der Waals surface area contributed by atoms with E-state index >= 15 is 0 Å². The molecule has 142 valence electrons. The van der Waals surface area contributed by atoms with Gasteiger partial charge < -0.3 is 18.9 Å². The monoisotopic (exact) mass is 366 g/mol. The lowest BCUT2D eigenvalue weighted by Crippen LogP contribution is -2.35. The maximum absolute atomic E-state index is 12.1. The summed E-state index contributed by atoms with van der Waals surface area (Å²) in [4.78, 5) is 40.0. The molecule has 1 aromatic rings. The van der Waals surface area contributed by atoms with Crippen LogP contribution >= 0.6 is 0 Å². The summed E-state index contributed by atoms with van der Waals surface area (Å²) in [5, 5.41) is 0. The zero-order valence-electron chi connectivity index (χ0n) is 15.1. The zero-order valence-corrected chi connectivity index (χ0v) is 15.1. The highest BCUT2D eigenvalue weighted by molar-refractivity contribution is 5.75. The van der Waals surface area contributed by atoms with Gasteiger partial charge in [-0.15, -0.1) is 0 Å². The number of methoxy groups -OCH3 is 3. The van der Waals surface area contributed by atoms with Crippen LogP contribution in [0.25, 0.3) is 0 Å². The Morgan fingerprint density at radius 2 is 1.88 bits per heavy atom. The molecule has 3 atom stereocenters. The predicted octanol–water partition coefficient (Wildman–Crippen LogP) is 1.58. The SMILES string of the molecule is COC(=O)CC1COc2c(OC)cccc2C1C(C)C(=O)OC.O=C=O. The van der Waals surface area contributed by atoms with Crippen LogP contribution in [0, 0.1) is 11.8 Å². The average molecular weight is 366 g/mol. The number of benzene rings is 1. The summed E-state index contributed by atoms with van der Waals surface area (Å²) in [5.41, 5.74) is 0.849. The first-order valence-corrected chi connectivity index (χ1v) is 7.88. The molecular weight excluding hydrogens is 344 g/mol. The molecule has 26 heavy (non-hydrogen) atoms. The van der Waals surface area contributed by atoms with Crippen molar-refractivity contribution < 1.29 is 38.1 Å². The Labute approximate surface area is 151 Å². The van der Waals surface area contributed by atoms with Gasteiger partial charge in [0.2, 0.25) is 0 Å². The van der Waals surface area contributed by atoms with Crippen molar-refractivity contribution in [2.24, 2.45) is 11.8 Å². The predicted molar refractivity (Wildman–Crippen MR) is 87.5 cm³/mol. The van der Waals surface area contributed by atoms with Crippen LogP contribution in [0.3, 0.4) is 0 Å². The summed E-state index contributed by atoms with van der Waals surface area (Å²) in [7, 11) is 4.28. The summed E-state index contributed by atoms with van der Waals surface area (Å²) < 4.78 is 20.8. The number of para-hydroxylation sites is 1. The minimum Gasteiger partial charge on any atom is -0.493 e. The number of esters is 2. The number of hydrogen-bond acceptors (Lipinski definition) is 8.